The molecule has 2 aliphatic heterocycles. The van der Waals surface area contributed by atoms with Gasteiger partial charge in [-0.15, -0.1) is 0 Å². The number of fused-ring (bicyclic) bond motifs is 1. The molecule has 3 nitrogen and oxygen atoms in total. The summed E-state index contributed by atoms with van der Waals surface area (Å²) < 4.78 is 5.12. The van der Waals surface area contributed by atoms with Crippen LogP contribution in [0.5, 0.6) is 0 Å². The standard InChI is InChI=1S/C5H7NO.C3H9N/c1-2-6-4-3-7-5(1)4;1-4(2)3/h5H,1-3H2;1-3H3. The molecule has 0 saturated carbocycles. The Hall–Kier alpha value is -0.410. The zero-order valence-electron chi connectivity index (χ0n) is 7.50. The summed E-state index contributed by atoms with van der Waals surface area (Å²) >= 11 is 0. The van der Waals surface area contributed by atoms with Crippen LogP contribution in [0, 0.1) is 0 Å². The molecule has 2 heterocycles. The van der Waals surface area contributed by atoms with E-state index in [0.29, 0.717) is 6.10 Å². The van der Waals surface area contributed by atoms with Gasteiger partial charge in [-0.2, -0.15) is 0 Å². The van der Waals surface area contributed by atoms with Crippen molar-refractivity contribution in [3.8, 4) is 0 Å². The fraction of sp³-hybridized carbons (Fsp3) is 0.875. The molecule has 64 valence electrons. The minimum Gasteiger partial charge on any atom is -0.366 e. The van der Waals surface area contributed by atoms with Crippen molar-refractivity contribution in [1.29, 1.82) is 0 Å². The van der Waals surface area contributed by atoms with Gasteiger partial charge in [-0.1, -0.05) is 0 Å². The van der Waals surface area contributed by atoms with E-state index in [1.807, 2.05) is 26.0 Å². The molecule has 0 aliphatic carbocycles. The van der Waals surface area contributed by atoms with Crippen LogP contribution >= 0.6 is 0 Å². The highest BCUT2D eigenvalue weighted by atomic mass is 16.5. The van der Waals surface area contributed by atoms with Gasteiger partial charge in [0, 0.05) is 6.54 Å². The Morgan fingerprint density at radius 2 is 2.09 bits per heavy atom. The van der Waals surface area contributed by atoms with Crippen molar-refractivity contribution < 1.29 is 4.74 Å². The van der Waals surface area contributed by atoms with Gasteiger partial charge in [-0.05, 0) is 27.6 Å². The number of hydrogen-bond acceptors (Lipinski definition) is 3. The maximum absolute atomic E-state index is 5.12. The molecule has 0 aromatic carbocycles. The van der Waals surface area contributed by atoms with Crippen molar-refractivity contribution in [2.24, 2.45) is 4.99 Å². The van der Waals surface area contributed by atoms with E-state index in [9.17, 15) is 0 Å². The second-order valence-corrected chi connectivity index (χ2v) is 3.30. The Morgan fingerprint density at radius 3 is 2.27 bits per heavy atom. The predicted molar refractivity (Wildman–Crippen MR) is 46.3 cm³/mol. The van der Waals surface area contributed by atoms with E-state index in [2.05, 4.69) is 4.99 Å². The van der Waals surface area contributed by atoms with Gasteiger partial charge in [0.2, 0.25) is 0 Å². The molecule has 0 N–H and O–H groups in total. The van der Waals surface area contributed by atoms with Gasteiger partial charge in [0.15, 0.2) is 0 Å². The van der Waals surface area contributed by atoms with Crippen LogP contribution in [0.1, 0.15) is 6.42 Å². The van der Waals surface area contributed by atoms with Crippen molar-refractivity contribution in [1.82, 2.24) is 4.90 Å². The molecule has 2 aliphatic rings. The minimum atomic E-state index is 0.444. The van der Waals surface area contributed by atoms with Crippen molar-refractivity contribution in [2.75, 3.05) is 34.3 Å². The predicted octanol–water partition coefficient (Wildman–Crippen LogP) is 0.408. The summed E-state index contributed by atoms with van der Waals surface area (Å²) in [6, 6.07) is 0. The molecular weight excluding hydrogens is 140 g/mol. The first-order valence-corrected chi connectivity index (χ1v) is 3.96. The topological polar surface area (TPSA) is 24.8 Å². The fourth-order valence-electron chi connectivity index (χ4n) is 0.999. The SMILES string of the molecule is C1CC2OCC2=N1.CN(C)C. The molecule has 1 atom stereocenters. The molecule has 0 spiro atoms. The molecule has 0 amide bonds. The van der Waals surface area contributed by atoms with Crippen molar-refractivity contribution in [3.63, 3.8) is 0 Å². The van der Waals surface area contributed by atoms with Gasteiger partial charge >= 0.3 is 0 Å². The summed E-state index contributed by atoms with van der Waals surface area (Å²) in [5.74, 6) is 0. The van der Waals surface area contributed by atoms with Gasteiger partial charge < -0.3 is 9.64 Å². The van der Waals surface area contributed by atoms with Crippen LogP contribution in [-0.4, -0.2) is 51.0 Å². The fourth-order valence-corrected chi connectivity index (χ4v) is 0.999. The number of hydrogen-bond donors (Lipinski definition) is 0. The maximum atomic E-state index is 5.12. The quantitative estimate of drug-likeness (QED) is 0.507. The second kappa shape index (κ2) is 3.83. The zero-order valence-corrected chi connectivity index (χ0v) is 7.50. The first-order valence-electron chi connectivity index (χ1n) is 3.96. The maximum Gasteiger partial charge on any atom is 0.0997 e. The van der Waals surface area contributed by atoms with Crippen LogP contribution < -0.4 is 0 Å². The van der Waals surface area contributed by atoms with E-state index in [1.54, 1.807) is 0 Å². The summed E-state index contributed by atoms with van der Waals surface area (Å²) in [6.45, 7) is 1.81. The van der Waals surface area contributed by atoms with Gasteiger partial charge in [0.1, 0.15) is 0 Å². The van der Waals surface area contributed by atoms with Crippen LogP contribution in [-0.2, 0) is 4.74 Å². The summed E-state index contributed by atoms with van der Waals surface area (Å²) in [6.07, 6.45) is 1.58. The highest BCUT2D eigenvalue weighted by Gasteiger charge is 2.29. The zero-order chi connectivity index (χ0) is 8.27. The van der Waals surface area contributed by atoms with E-state index >= 15 is 0 Å². The van der Waals surface area contributed by atoms with E-state index in [-0.39, 0.29) is 0 Å². The Balaban J connectivity index is 0.000000134. The molecule has 1 saturated heterocycles. The molecular formula is C8H16N2O. The Morgan fingerprint density at radius 1 is 1.45 bits per heavy atom. The minimum absolute atomic E-state index is 0.444. The van der Waals surface area contributed by atoms with Crippen LogP contribution in [0.4, 0.5) is 0 Å². The van der Waals surface area contributed by atoms with Crippen LogP contribution in [0.3, 0.4) is 0 Å². The summed E-state index contributed by atoms with van der Waals surface area (Å²) in [5.41, 5.74) is 1.29. The molecule has 1 unspecified atom stereocenters. The van der Waals surface area contributed by atoms with E-state index in [0.717, 1.165) is 19.6 Å². The lowest BCUT2D eigenvalue weighted by Gasteiger charge is -2.22. The highest BCUT2D eigenvalue weighted by Crippen LogP contribution is 2.18. The van der Waals surface area contributed by atoms with Crippen molar-refractivity contribution >= 4 is 5.71 Å². The van der Waals surface area contributed by atoms with Gasteiger partial charge in [0.05, 0.1) is 18.4 Å². The molecule has 0 aromatic rings. The summed E-state index contributed by atoms with van der Waals surface area (Å²) in [4.78, 5) is 6.20. The molecule has 0 radical (unpaired) electrons. The first-order chi connectivity index (χ1) is 5.20. The normalized spacial score (nSPS) is 26.5. The number of ether oxygens (including phenoxy) is 1. The lowest BCUT2D eigenvalue weighted by Crippen LogP contribution is -2.36. The monoisotopic (exact) mass is 156 g/mol. The number of nitrogens with zero attached hydrogens (tertiary/aromatic N) is 2. The van der Waals surface area contributed by atoms with Crippen LogP contribution in [0.25, 0.3) is 0 Å². The van der Waals surface area contributed by atoms with E-state index < -0.39 is 0 Å². The Kier molecular flexibility index (Phi) is 3.02. The third-order valence-electron chi connectivity index (χ3n) is 1.51. The first kappa shape index (κ1) is 8.68. The molecule has 0 bridgehead atoms. The van der Waals surface area contributed by atoms with Gasteiger partial charge in [0.25, 0.3) is 0 Å². The lowest BCUT2D eigenvalue weighted by atomic mass is 10.1. The van der Waals surface area contributed by atoms with Crippen molar-refractivity contribution in [2.45, 2.75) is 12.5 Å². The van der Waals surface area contributed by atoms with E-state index in [1.165, 1.54) is 5.71 Å². The Bertz CT molecular complexity index is 151. The van der Waals surface area contributed by atoms with Crippen LogP contribution in [0.2, 0.25) is 0 Å². The number of aliphatic imine (C=N–C) groups is 1. The third-order valence-corrected chi connectivity index (χ3v) is 1.51. The smallest absolute Gasteiger partial charge is 0.0997 e. The molecule has 3 heteroatoms. The van der Waals surface area contributed by atoms with Gasteiger partial charge in [-0.25, -0.2) is 0 Å². The Labute approximate surface area is 68.1 Å². The molecule has 1 fully saturated rings. The summed E-state index contributed by atoms with van der Waals surface area (Å²) in [7, 11) is 6.00. The lowest BCUT2D eigenvalue weighted by molar-refractivity contribution is 0.0786. The molecule has 0 aromatic heterocycles. The largest absolute Gasteiger partial charge is 0.366 e. The second-order valence-electron chi connectivity index (χ2n) is 3.30. The molecule has 2 rings (SSSR count). The molecule has 11 heavy (non-hydrogen) atoms. The highest BCUT2D eigenvalue weighted by molar-refractivity contribution is 5.95. The van der Waals surface area contributed by atoms with Gasteiger partial charge in [-0.3, -0.25) is 4.99 Å². The van der Waals surface area contributed by atoms with Crippen molar-refractivity contribution in [3.05, 3.63) is 0 Å². The number of rotatable bonds is 0. The van der Waals surface area contributed by atoms with Crippen LogP contribution in [0.15, 0.2) is 4.99 Å². The summed E-state index contributed by atoms with van der Waals surface area (Å²) in [5, 5.41) is 0. The van der Waals surface area contributed by atoms with E-state index in [4.69, 9.17) is 4.74 Å². The third kappa shape index (κ3) is 2.60. The average Bonchev–Trinajstić information content (AvgIpc) is 2.10. The average molecular weight is 156 g/mol.